The van der Waals surface area contributed by atoms with E-state index in [2.05, 4.69) is 91.0 Å². The van der Waals surface area contributed by atoms with E-state index in [1.807, 2.05) is 6.07 Å². The molecule has 0 N–H and O–H groups in total. The molecule has 1 heterocycles. The van der Waals surface area contributed by atoms with Gasteiger partial charge in [-0.1, -0.05) is 78.9 Å². The first-order valence-electron chi connectivity index (χ1n) is 9.96. The molecule has 0 amide bonds. The van der Waals surface area contributed by atoms with Crippen molar-refractivity contribution < 1.29 is 4.42 Å². The maximum atomic E-state index is 6.46. The minimum atomic E-state index is 0.944. The summed E-state index contributed by atoms with van der Waals surface area (Å²) in [7, 11) is 0. The summed E-state index contributed by atoms with van der Waals surface area (Å²) in [5, 5.41) is 4.87. The van der Waals surface area contributed by atoms with Crippen LogP contribution in [0.2, 0.25) is 0 Å². The lowest BCUT2D eigenvalue weighted by molar-refractivity contribution is 0.673. The zero-order chi connectivity index (χ0) is 18.9. The molecule has 0 spiro atoms. The summed E-state index contributed by atoms with van der Waals surface area (Å²) in [6, 6.07) is 34.6. The Kier molecular flexibility index (Phi) is 2.80. The molecule has 0 aliphatic heterocycles. The third kappa shape index (κ3) is 1.94. The first-order valence-corrected chi connectivity index (χ1v) is 9.96. The zero-order valence-electron chi connectivity index (χ0n) is 15.6. The maximum absolute atomic E-state index is 6.46. The van der Waals surface area contributed by atoms with Gasteiger partial charge in [-0.2, -0.15) is 0 Å². The van der Waals surface area contributed by atoms with E-state index in [1.54, 1.807) is 0 Å². The molecule has 1 heteroatoms. The topological polar surface area (TPSA) is 13.1 Å². The number of furan rings is 1. The molecular formula is C28H16O. The van der Waals surface area contributed by atoms with Gasteiger partial charge in [0.2, 0.25) is 0 Å². The van der Waals surface area contributed by atoms with E-state index in [4.69, 9.17) is 4.42 Å². The van der Waals surface area contributed by atoms with E-state index in [-0.39, 0.29) is 0 Å². The van der Waals surface area contributed by atoms with Gasteiger partial charge in [-0.3, -0.25) is 0 Å². The molecule has 29 heavy (non-hydrogen) atoms. The molecule has 0 saturated heterocycles. The Hall–Kier alpha value is -3.84. The Balaban J connectivity index is 1.59. The summed E-state index contributed by atoms with van der Waals surface area (Å²) < 4.78 is 6.46. The van der Waals surface area contributed by atoms with Crippen molar-refractivity contribution in [3.05, 3.63) is 97.1 Å². The van der Waals surface area contributed by atoms with Crippen LogP contribution in [0.3, 0.4) is 0 Å². The van der Waals surface area contributed by atoms with Crippen LogP contribution in [0.5, 0.6) is 0 Å². The average Bonchev–Trinajstić information content (AvgIpc) is 3.32. The molecule has 7 rings (SSSR count). The van der Waals surface area contributed by atoms with Crippen molar-refractivity contribution in [2.24, 2.45) is 0 Å². The molecule has 0 radical (unpaired) electrons. The third-order valence-electron chi connectivity index (χ3n) is 6.21. The van der Waals surface area contributed by atoms with Crippen LogP contribution in [-0.2, 0) is 0 Å². The first-order chi connectivity index (χ1) is 14.4. The Morgan fingerprint density at radius 1 is 0.448 bits per heavy atom. The van der Waals surface area contributed by atoms with Crippen LogP contribution in [0, 0.1) is 0 Å². The molecule has 134 valence electrons. The van der Waals surface area contributed by atoms with Gasteiger partial charge in [-0.05, 0) is 51.6 Å². The molecule has 0 bridgehead atoms. The van der Waals surface area contributed by atoms with E-state index in [0.717, 1.165) is 11.2 Å². The zero-order valence-corrected chi connectivity index (χ0v) is 15.6. The van der Waals surface area contributed by atoms with Crippen LogP contribution < -0.4 is 0 Å². The lowest BCUT2D eigenvalue weighted by Gasteiger charge is -2.03. The van der Waals surface area contributed by atoms with Crippen molar-refractivity contribution >= 4 is 32.7 Å². The van der Waals surface area contributed by atoms with Gasteiger partial charge >= 0.3 is 0 Å². The molecule has 6 aromatic rings. The average molecular weight is 368 g/mol. The second-order valence-corrected chi connectivity index (χ2v) is 7.75. The SMILES string of the molecule is c1ccc(-c2ccc3c(c2)oc2c4cccc5c4c(cc32)-c2ccccc2-5)cc1. The summed E-state index contributed by atoms with van der Waals surface area (Å²) in [6.45, 7) is 0. The van der Waals surface area contributed by atoms with E-state index in [9.17, 15) is 0 Å². The molecule has 5 aromatic carbocycles. The number of benzene rings is 5. The van der Waals surface area contributed by atoms with E-state index in [0.29, 0.717) is 0 Å². The fourth-order valence-electron chi connectivity index (χ4n) is 4.91. The van der Waals surface area contributed by atoms with Crippen LogP contribution >= 0.6 is 0 Å². The van der Waals surface area contributed by atoms with Gasteiger partial charge in [-0.25, -0.2) is 0 Å². The predicted molar refractivity (Wildman–Crippen MR) is 121 cm³/mol. The highest BCUT2D eigenvalue weighted by Gasteiger charge is 2.24. The van der Waals surface area contributed by atoms with Crippen LogP contribution in [0.1, 0.15) is 0 Å². The molecule has 0 fully saturated rings. The van der Waals surface area contributed by atoms with Crippen molar-refractivity contribution in [1.29, 1.82) is 0 Å². The van der Waals surface area contributed by atoms with Crippen LogP contribution in [0.4, 0.5) is 0 Å². The Bertz CT molecular complexity index is 1590. The highest BCUT2D eigenvalue weighted by molar-refractivity contribution is 6.25. The monoisotopic (exact) mass is 368 g/mol. The maximum Gasteiger partial charge on any atom is 0.143 e. The fraction of sp³-hybridized carbons (Fsp3) is 0. The van der Waals surface area contributed by atoms with E-state index < -0.39 is 0 Å². The van der Waals surface area contributed by atoms with Gasteiger partial charge in [0.15, 0.2) is 0 Å². The summed E-state index contributed by atoms with van der Waals surface area (Å²) in [4.78, 5) is 0. The van der Waals surface area contributed by atoms with Crippen molar-refractivity contribution in [3.8, 4) is 33.4 Å². The van der Waals surface area contributed by atoms with Gasteiger partial charge < -0.3 is 4.42 Å². The Labute approximate surface area is 167 Å². The highest BCUT2D eigenvalue weighted by Crippen LogP contribution is 2.50. The molecule has 1 nitrogen and oxygen atoms in total. The van der Waals surface area contributed by atoms with Gasteiger partial charge in [0, 0.05) is 21.5 Å². The van der Waals surface area contributed by atoms with Gasteiger partial charge in [-0.15, -0.1) is 0 Å². The largest absolute Gasteiger partial charge is 0.455 e. The molecule has 0 saturated carbocycles. The van der Waals surface area contributed by atoms with Crippen LogP contribution in [0.25, 0.3) is 66.1 Å². The standard InChI is InChI=1S/C28H16O/c1-2-7-17(8-3-1)18-13-14-21-25-16-24-20-10-5-4-9-19(20)22-11-6-12-23(27(22)24)28(25)29-26(21)15-18/h1-16H. The summed E-state index contributed by atoms with van der Waals surface area (Å²) in [5.74, 6) is 0. The van der Waals surface area contributed by atoms with E-state index >= 15 is 0 Å². The molecular weight excluding hydrogens is 352 g/mol. The molecule has 1 aliphatic carbocycles. The number of hydrogen-bond acceptors (Lipinski definition) is 1. The summed E-state index contributed by atoms with van der Waals surface area (Å²) in [5.41, 5.74) is 9.57. The number of fused-ring (bicyclic) bond motifs is 7. The summed E-state index contributed by atoms with van der Waals surface area (Å²) in [6.07, 6.45) is 0. The van der Waals surface area contributed by atoms with E-state index in [1.165, 1.54) is 54.9 Å². The second kappa shape index (κ2) is 5.36. The van der Waals surface area contributed by atoms with Crippen molar-refractivity contribution in [3.63, 3.8) is 0 Å². The Morgan fingerprint density at radius 3 is 2.07 bits per heavy atom. The minimum Gasteiger partial charge on any atom is -0.455 e. The van der Waals surface area contributed by atoms with Crippen molar-refractivity contribution in [2.45, 2.75) is 0 Å². The lowest BCUT2D eigenvalue weighted by atomic mass is 9.98. The predicted octanol–water partition coefficient (Wildman–Crippen LogP) is 8.05. The minimum absolute atomic E-state index is 0.944. The van der Waals surface area contributed by atoms with Crippen LogP contribution in [-0.4, -0.2) is 0 Å². The molecule has 0 atom stereocenters. The van der Waals surface area contributed by atoms with Crippen LogP contribution in [0.15, 0.2) is 101 Å². The quantitative estimate of drug-likeness (QED) is 0.286. The van der Waals surface area contributed by atoms with Gasteiger partial charge in [0.25, 0.3) is 0 Å². The molecule has 1 aliphatic rings. The Morgan fingerprint density at radius 2 is 1.21 bits per heavy atom. The number of rotatable bonds is 1. The normalized spacial score (nSPS) is 12.1. The lowest BCUT2D eigenvalue weighted by Crippen LogP contribution is -1.78. The molecule has 0 unspecified atom stereocenters. The smallest absolute Gasteiger partial charge is 0.143 e. The molecule has 1 aromatic heterocycles. The summed E-state index contributed by atoms with van der Waals surface area (Å²) >= 11 is 0. The highest BCUT2D eigenvalue weighted by atomic mass is 16.3. The van der Waals surface area contributed by atoms with Gasteiger partial charge in [0.1, 0.15) is 11.2 Å². The second-order valence-electron chi connectivity index (χ2n) is 7.75. The number of hydrogen-bond donors (Lipinski definition) is 0. The van der Waals surface area contributed by atoms with Gasteiger partial charge in [0.05, 0.1) is 0 Å². The fourth-order valence-corrected chi connectivity index (χ4v) is 4.91. The third-order valence-corrected chi connectivity index (χ3v) is 6.21. The van der Waals surface area contributed by atoms with Crippen molar-refractivity contribution in [1.82, 2.24) is 0 Å². The first kappa shape index (κ1) is 15.1. The van der Waals surface area contributed by atoms with Crippen molar-refractivity contribution in [2.75, 3.05) is 0 Å².